The van der Waals surface area contributed by atoms with Gasteiger partial charge in [0.25, 0.3) is 0 Å². The number of allylic oxidation sites excluding steroid dienone is 2. The van der Waals surface area contributed by atoms with E-state index in [4.69, 9.17) is 4.74 Å². The van der Waals surface area contributed by atoms with E-state index in [2.05, 4.69) is 30.2 Å². The van der Waals surface area contributed by atoms with Gasteiger partial charge in [-0.3, -0.25) is 4.90 Å². The molecule has 0 fully saturated rings. The van der Waals surface area contributed by atoms with Gasteiger partial charge in [-0.2, -0.15) is 4.31 Å². The molecule has 1 heterocycles. The first kappa shape index (κ1) is 25.9. The van der Waals surface area contributed by atoms with Gasteiger partial charge in [0, 0.05) is 31.6 Å². The lowest BCUT2D eigenvalue weighted by Gasteiger charge is -2.37. The molecule has 0 unspecified atom stereocenters. The highest BCUT2D eigenvalue weighted by Gasteiger charge is 2.38. The molecule has 0 spiro atoms. The Bertz CT molecular complexity index is 1130. The van der Waals surface area contributed by atoms with Crippen LogP contribution in [0.5, 0.6) is 5.75 Å². The Labute approximate surface area is 210 Å². The summed E-state index contributed by atoms with van der Waals surface area (Å²) in [5, 5.41) is 9.85. The quantitative estimate of drug-likeness (QED) is 0.607. The normalized spacial score (nSPS) is 23.5. The van der Waals surface area contributed by atoms with E-state index < -0.39 is 16.1 Å². The summed E-state index contributed by atoms with van der Waals surface area (Å²) < 4.78 is 35.4. The van der Waals surface area contributed by atoms with Crippen molar-refractivity contribution >= 4 is 15.6 Å². The number of likely N-dealkylation sites (N-methyl/N-ethyl adjacent to an activating group) is 1. The summed E-state index contributed by atoms with van der Waals surface area (Å²) in [5.74, 6) is 0.344. The fourth-order valence-electron chi connectivity index (χ4n) is 5.01. The standard InChI is InChI=1S/C28H38N2O4S/c1-21-17-30(22(2)20-31)35(32,33)28-15-14-25(24-12-8-5-9-13-24)16-26(28)34-27(21)19-29(3)18-23-10-6-4-7-11-23/h4,6-7,10-12,14-16,21-22,27,31H,5,8-9,13,17-20H2,1-3H3/t21-,22+,27+/m1/s1. The van der Waals surface area contributed by atoms with Crippen molar-refractivity contribution in [2.75, 3.05) is 26.7 Å². The molecule has 7 heteroatoms. The lowest BCUT2D eigenvalue weighted by molar-refractivity contribution is 0.0733. The average molecular weight is 499 g/mol. The zero-order valence-corrected chi connectivity index (χ0v) is 21.9. The number of benzene rings is 2. The molecule has 35 heavy (non-hydrogen) atoms. The van der Waals surface area contributed by atoms with E-state index in [0.717, 1.165) is 31.4 Å². The van der Waals surface area contributed by atoms with Gasteiger partial charge in [-0.1, -0.05) is 49.4 Å². The van der Waals surface area contributed by atoms with E-state index in [1.807, 2.05) is 37.3 Å². The van der Waals surface area contributed by atoms with Crippen molar-refractivity contribution in [1.29, 1.82) is 0 Å². The van der Waals surface area contributed by atoms with E-state index >= 15 is 0 Å². The Morgan fingerprint density at radius 2 is 1.94 bits per heavy atom. The van der Waals surface area contributed by atoms with Crippen LogP contribution in [0.2, 0.25) is 0 Å². The van der Waals surface area contributed by atoms with Crippen molar-refractivity contribution in [3.63, 3.8) is 0 Å². The molecule has 4 rings (SSSR count). The van der Waals surface area contributed by atoms with Crippen molar-refractivity contribution in [3.8, 4) is 5.75 Å². The summed E-state index contributed by atoms with van der Waals surface area (Å²) in [6.07, 6.45) is 6.45. The summed E-state index contributed by atoms with van der Waals surface area (Å²) in [4.78, 5) is 2.40. The molecule has 2 aromatic carbocycles. The van der Waals surface area contributed by atoms with Gasteiger partial charge < -0.3 is 9.84 Å². The number of rotatable bonds is 7. The molecule has 1 N–H and O–H groups in total. The minimum Gasteiger partial charge on any atom is -0.487 e. The molecule has 2 aromatic rings. The third kappa shape index (κ3) is 5.97. The second-order valence-electron chi connectivity index (χ2n) is 10.1. The number of hydrogen-bond donors (Lipinski definition) is 1. The van der Waals surface area contributed by atoms with Crippen LogP contribution in [0, 0.1) is 5.92 Å². The molecule has 2 aliphatic rings. The first-order valence-corrected chi connectivity index (χ1v) is 14.1. The highest BCUT2D eigenvalue weighted by molar-refractivity contribution is 7.89. The van der Waals surface area contributed by atoms with E-state index in [0.29, 0.717) is 18.8 Å². The Morgan fingerprint density at radius 3 is 2.63 bits per heavy atom. The molecular formula is C28H38N2O4S. The Kier molecular flexibility index (Phi) is 8.32. The van der Waals surface area contributed by atoms with Crippen LogP contribution in [-0.4, -0.2) is 61.6 Å². The summed E-state index contributed by atoms with van der Waals surface area (Å²) in [6, 6.07) is 15.3. The maximum absolute atomic E-state index is 13.7. The fraction of sp³-hybridized carbons (Fsp3) is 0.500. The number of fused-ring (bicyclic) bond motifs is 1. The van der Waals surface area contributed by atoms with Crippen LogP contribution in [-0.2, 0) is 16.6 Å². The molecule has 0 saturated carbocycles. The molecule has 0 amide bonds. The maximum atomic E-state index is 13.7. The highest BCUT2D eigenvalue weighted by atomic mass is 32.2. The molecule has 0 bridgehead atoms. The highest BCUT2D eigenvalue weighted by Crippen LogP contribution is 2.37. The van der Waals surface area contributed by atoms with Crippen LogP contribution < -0.4 is 4.74 Å². The molecule has 1 aliphatic heterocycles. The smallest absolute Gasteiger partial charge is 0.247 e. The van der Waals surface area contributed by atoms with Crippen LogP contribution in [0.3, 0.4) is 0 Å². The van der Waals surface area contributed by atoms with Crippen molar-refractivity contribution in [2.45, 2.75) is 63.1 Å². The maximum Gasteiger partial charge on any atom is 0.247 e. The molecule has 0 radical (unpaired) electrons. The van der Waals surface area contributed by atoms with Gasteiger partial charge in [0.15, 0.2) is 0 Å². The van der Waals surface area contributed by atoms with Crippen molar-refractivity contribution in [2.24, 2.45) is 5.92 Å². The summed E-state index contributed by atoms with van der Waals surface area (Å²) in [7, 11) is -1.75. The van der Waals surface area contributed by atoms with Gasteiger partial charge in [-0.25, -0.2) is 8.42 Å². The summed E-state index contributed by atoms with van der Waals surface area (Å²) in [5.41, 5.74) is 3.51. The molecule has 190 valence electrons. The van der Waals surface area contributed by atoms with E-state index in [9.17, 15) is 13.5 Å². The van der Waals surface area contributed by atoms with Gasteiger partial charge in [0.2, 0.25) is 10.0 Å². The van der Waals surface area contributed by atoms with Gasteiger partial charge in [-0.05, 0) is 68.5 Å². The van der Waals surface area contributed by atoms with Crippen molar-refractivity contribution in [1.82, 2.24) is 9.21 Å². The molecule has 0 saturated heterocycles. The summed E-state index contributed by atoms with van der Waals surface area (Å²) >= 11 is 0. The molecule has 3 atom stereocenters. The van der Waals surface area contributed by atoms with Gasteiger partial charge in [0.05, 0.1) is 6.61 Å². The lowest BCUT2D eigenvalue weighted by atomic mass is 9.93. The van der Waals surface area contributed by atoms with Gasteiger partial charge in [0.1, 0.15) is 16.7 Å². The molecular weight excluding hydrogens is 460 g/mol. The minimum atomic E-state index is -3.82. The van der Waals surface area contributed by atoms with Gasteiger partial charge in [-0.15, -0.1) is 0 Å². The fourth-order valence-corrected chi connectivity index (χ4v) is 6.84. The zero-order chi connectivity index (χ0) is 25.0. The Hall–Kier alpha value is -2.19. The molecule has 1 aliphatic carbocycles. The third-order valence-electron chi connectivity index (χ3n) is 7.12. The minimum absolute atomic E-state index is 0.0669. The zero-order valence-electron chi connectivity index (χ0n) is 21.1. The SMILES string of the molecule is C[C@@H]1CN([C@@H](C)CO)S(=O)(=O)c2ccc(C3=CCCCC3)cc2O[C@H]1CN(C)Cc1ccccc1. The van der Waals surface area contributed by atoms with Crippen molar-refractivity contribution in [3.05, 3.63) is 65.7 Å². The largest absolute Gasteiger partial charge is 0.487 e. The van der Waals surface area contributed by atoms with Crippen LogP contribution >= 0.6 is 0 Å². The topological polar surface area (TPSA) is 70.1 Å². The number of aliphatic hydroxyl groups excluding tert-OH is 1. The lowest BCUT2D eigenvalue weighted by Crippen LogP contribution is -2.49. The van der Waals surface area contributed by atoms with Gasteiger partial charge >= 0.3 is 0 Å². The number of ether oxygens (including phenoxy) is 1. The van der Waals surface area contributed by atoms with Crippen LogP contribution in [0.4, 0.5) is 0 Å². The van der Waals surface area contributed by atoms with E-state index in [1.54, 1.807) is 13.0 Å². The monoisotopic (exact) mass is 498 g/mol. The number of hydrogen-bond acceptors (Lipinski definition) is 5. The number of sulfonamides is 1. The first-order chi connectivity index (χ1) is 16.8. The number of nitrogens with zero attached hydrogens (tertiary/aromatic N) is 2. The van der Waals surface area contributed by atoms with Crippen LogP contribution in [0.15, 0.2) is 59.5 Å². The second kappa shape index (κ2) is 11.2. The predicted molar refractivity (Wildman–Crippen MR) is 140 cm³/mol. The van der Waals surface area contributed by atoms with Crippen LogP contribution in [0.25, 0.3) is 5.57 Å². The van der Waals surface area contributed by atoms with Crippen LogP contribution in [0.1, 0.15) is 50.7 Å². The number of aliphatic hydroxyl groups is 1. The predicted octanol–water partition coefficient (Wildman–Crippen LogP) is 4.54. The third-order valence-corrected chi connectivity index (χ3v) is 9.14. The summed E-state index contributed by atoms with van der Waals surface area (Å²) in [6.45, 7) is 5.29. The first-order valence-electron chi connectivity index (χ1n) is 12.6. The Balaban J connectivity index is 1.69. The van der Waals surface area contributed by atoms with Crippen molar-refractivity contribution < 1.29 is 18.3 Å². The average Bonchev–Trinajstić information content (AvgIpc) is 2.86. The van der Waals surface area contributed by atoms with E-state index in [-0.39, 0.29) is 23.5 Å². The molecule has 0 aromatic heterocycles. The molecule has 6 nitrogen and oxygen atoms in total. The second-order valence-corrected chi connectivity index (χ2v) is 11.9. The Morgan fingerprint density at radius 1 is 1.17 bits per heavy atom. The van der Waals surface area contributed by atoms with E-state index in [1.165, 1.54) is 21.9 Å².